The van der Waals surface area contributed by atoms with E-state index >= 15 is 0 Å². The fraction of sp³-hybridized carbons (Fsp3) is 0.412. The molecule has 1 unspecified atom stereocenters. The maximum Gasteiger partial charge on any atom is 0.274 e. The zero-order chi connectivity index (χ0) is 14.8. The van der Waals surface area contributed by atoms with E-state index in [0.29, 0.717) is 5.69 Å². The SMILES string of the molecule is CCn1ccc(C(=O)N2CCCC2c2cccc(C)c2)n1. The maximum absolute atomic E-state index is 12.7. The Morgan fingerprint density at radius 2 is 2.24 bits per heavy atom. The highest BCUT2D eigenvalue weighted by molar-refractivity contribution is 5.92. The number of rotatable bonds is 3. The normalized spacial score (nSPS) is 18.2. The van der Waals surface area contributed by atoms with E-state index in [9.17, 15) is 4.79 Å². The second-order valence-electron chi connectivity index (χ2n) is 5.63. The van der Waals surface area contributed by atoms with Gasteiger partial charge in [-0.1, -0.05) is 29.8 Å². The molecular formula is C17H21N3O. The van der Waals surface area contributed by atoms with Crippen LogP contribution in [0.15, 0.2) is 36.5 Å². The Bertz CT molecular complexity index is 647. The minimum Gasteiger partial charge on any atom is -0.330 e. The number of carbonyl (C=O) groups is 1. The van der Waals surface area contributed by atoms with Crippen LogP contribution >= 0.6 is 0 Å². The Kier molecular flexibility index (Phi) is 3.78. The van der Waals surface area contributed by atoms with Crippen molar-refractivity contribution >= 4 is 5.91 Å². The van der Waals surface area contributed by atoms with Crippen molar-refractivity contribution in [3.05, 3.63) is 53.3 Å². The predicted octanol–water partition coefficient (Wildman–Crippen LogP) is 3.19. The van der Waals surface area contributed by atoms with Crippen LogP contribution in [0.1, 0.15) is 47.4 Å². The molecule has 1 saturated heterocycles. The molecule has 4 heteroatoms. The second kappa shape index (κ2) is 5.72. The molecule has 0 radical (unpaired) electrons. The molecule has 1 aromatic carbocycles. The van der Waals surface area contributed by atoms with Crippen LogP contribution in [0.4, 0.5) is 0 Å². The first-order chi connectivity index (χ1) is 10.2. The summed E-state index contributed by atoms with van der Waals surface area (Å²) in [5, 5.41) is 4.34. The maximum atomic E-state index is 12.7. The highest BCUT2D eigenvalue weighted by atomic mass is 16.2. The number of amides is 1. The Morgan fingerprint density at radius 1 is 1.38 bits per heavy atom. The quantitative estimate of drug-likeness (QED) is 0.867. The van der Waals surface area contributed by atoms with Gasteiger partial charge in [-0.15, -0.1) is 0 Å². The van der Waals surface area contributed by atoms with Crippen molar-refractivity contribution in [1.29, 1.82) is 0 Å². The average molecular weight is 283 g/mol. The van der Waals surface area contributed by atoms with Gasteiger partial charge in [-0.3, -0.25) is 9.48 Å². The topological polar surface area (TPSA) is 38.1 Å². The first-order valence-electron chi connectivity index (χ1n) is 7.60. The fourth-order valence-electron chi connectivity index (χ4n) is 3.03. The third kappa shape index (κ3) is 2.71. The predicted molar refractivity (Wildman–Crippen MR) is 82.1 cm³/mol. The number of benzene rings is 1. The van der Waals surface area contributed by atoms with Gasteiger partial charge >= 0.3 is 0 Å². The Morgan fingerprint density at radius 3 is 2.95 bits per heavy atom. The number of carbonyl (C=O) groups excluding carboxylic acids is 1. The molecule has 2 aromatic rings. The minimum absolute atomic E-state index is 0.0474. The third-order valence-electron chi connectivity index (χ3n) is 4.12. The van der Waals surface area contributed by atoms with Crippen molar-refractivity contribution in [1.82, 2.24) is 14.7 Å². The zero-order valence-corrected chi connectivity index (χ0v) is 12.6. The summed E-state index contributed by atoms with van der Waals surface area (Å²) >= 11 is 0. The lowest BCUT2D eigenvalue weighted by Gasteiger charge is -2.24. The molecular weight excluding hydrogens is 262 g/mol. The molecule has 0 bridgehead atoms. The van der Waals surface area contributed by atoms with Crippen LogP contribution in [-0.4, -0.2) is 27.1 Å². The van der Waals surface area contributed by atoms with Crippen molar-refractivity contribution in [2.75, 3.05) is 6.54 Å². The average Bonchev–Trinajstić information content (AvgIpc) is 3.15. The van der Waals surface area contributed by atoms with Gasteiger partial charge in [-0.05, 0) is 38.3 Å². The van der Waals surface area contributed by atoms with Gasteiger partial charge in [-0.25, -0.2) is 0 Å². The smallest absolute Gasteiger partial charge is 0.274 e. The van der Waals surface area contributed by atoms with E-state index in [1.165, 1.54) is 11.1 Å². The Labute approximate surface area is 125 Å². The van der Waals surface area contributed by atoms with Crippen LogP contribution in [-0.2, 0) is 6.54 Å². The van der Waals surface area contributed by atoms with Gasteiger partial charge in [0.05, 0.1) is 6.04 Å². The van der Waals surface area contributed by atoms with E-state index in [1.54, 1.807) is 4.68 Å². The number of hydrogen-bond acceptors (Lipinski definition) is 2. The van der Waals surface area contributed by atoms with Crippen LogP contribution in [0.5, 0.6) is 0 Å². The van der Waals surface area contributed by atoms with E-state index in [1.807, 2.05) is 24.1 Å². The van der Waals surface area contributed by atoms with Gasteiger partial charge in [0.15, 0.2) is 0 Å². The van der Waals surface area contributed by atoms with Crippen molar-refractivity contribution in [3.63, 3.8) is 0 Å². The summed E-state index contributed by atoms with van der Waals surface area (Å²) in [7, 11) is 0. The number of aryl methyl sites for hydroxylation is 2. The van der Waals surface area contributed by atoms with Gasteiger partial charge in [0.25, 0.3) is 5.91 Å². The first kappa shape index (κ1) is 13.9. The summed E-state index contributed by atoms with van der Waals surface area (Å²) in [6, 6.07) is 10.5. The van der Waals surface area contributed by atoms with Gasteiger partial charge in [0.1, 0.15) is 5.69 Å². The standard InChI is InChI=1S/C17H21N3O/c1-3-19-11-9-15(18-19)17(21)20-10-5-8-16(20)14-7-4-6-13(2)12-14/h4,6-7,9,11-12,16H,3,5,8,10H2,1-2H3. The highest BCUT2D eigenvalue weighted by Gasteiger charge is 2.31. The molecule has 0 saturated carbocycles. The summed E-state index contributed by atoms with van der Waals surface area (Å²) in [6.45, 7) is 5.71. The summed E-state index contributed by atoms with van der Waals surface area (Å²) in [5.41, 5.74) is 3.02. The van der Waals surface area contributed by atoms with E-state index in [0.717, 1.165) is 25.9 Å². The lowest BCUT2D eigenvalue weighted by Crippen LogP contribution is -2.31. The van der Waals surface area contributed by atoms with E-state index in [2.05, 4.69) is 36.3 Å². The molecule has 1 aliphatic rings. The molecule has 0 spiro atoms. The van der Waals surface area contributed by atoms with Crippen LogP contribution in [0.25, 0.3) is 0 Å². The molecule has 3 rings (SSSR count). The molecule has 2 heterocycles. The van der Waals surface area contributed by atoms with Crippen molar-refractivity contribution in [2.24, 2.45) is 0 Å². The van der Waals surface area contributed by atoms with Crippen LogP contribution in [0.2, 0.25) is 0 Å². The summed E-state index contributed by atoms with van der Waals surface area (Å²) < 4.78 is 1.80. The molecule has 1 amide bonds. The number of hydrogen-bond donors (Lipinski definition) is 0. The van der Waals surface area contributed by atoms with E-state index < -0.39 is 0 Å². The van der Waals surface area contributed by atoms with Gasteiger partial charge < -0.3 is 4.90 Å². The second-order valence-corrected chi connectivity index (χ2v) is 5.63. The molecule has 1 aromatic heterocycles. The molecule has 0 N–H and O–H groups in total. The van der Waals surface area contributed by atoms with Crippen molar-refractivity contribution in [3.8, 4) is 0 Å². The van der Waals surface area contributed by atoms with Gasteiger partial charge in [0.2, 0.25) is 0 Å². The zero-order valence-electron chi connectivity index (χ0n) is 12.6. The lowest BCUT2D eigenvalue weighted by atomic mass is 10.0. The van der Waals surface area contributed by atoms with Crippen LogP contribution in [0.3, 0.4) is 0 Å². The summed E-state index contributed by atoms with van der Waals surface area (Å²) in [4.78, 5) is 14.7. The highest BCUT2D eigenvalue weighted by Crippen LogP contribution is 2.33. The molecule has 21 heavy (non-hydrogen) atoms. The molecule has 110 valence electrons. The van der Waals surface area contributed by atoms with Crippen LogP contribution < -0.4 is 0 Å². The minimum atomic E-state index is 0.0474. The Balaban J connectivity index is 1.85. The molecule has 1 atom stereocenters. The molecule has 1 fully saturated rings. The first-order valence-corrected chi connectivity index (χ1v) is 7.60. The summed E-state index contributed by atoms with van der Waals surface area (Å²) in [6.07, 6.45) is 3.95. The molecule has 1 aliphatic heterocycles. The largest absolute Gasteiger partial charge is 0.330 e. The van der Waals surface area contributed by atoms with Gasteiger partial charge in [-0.2, -0.15) is 5.10 Å². The van der Waals surface area contributed by atoms with Crippen molar-refractivity contribution in [2.45, 2.75) is 39.3 Å². The third-order valence-corrected chi connectivity index (χ3v) is 4.12. The van der Waals surface area contributed by atoms with E-state index in [-0.39, 0.29) is 11.9 Å². The Hall–Kier alpha value is -2.10. The monoisotopic (exact) mass is 283 g/mol. The van der Waals surface area contributed by atoms with Gasteiger partial charge in [0, 0.05) is 19.3 Å². The van der Waals surface area contributed by atoms with Crippen molar-refractivity contribution < 1.29 is 4.79 Å². The molecule has 4 nitrogen and oxygen atoms in total. The lowest BCUT2D eigenvalue weighted by molar-refractivity contribution is 0.0728. The molecule has 0 aliphatic carbocycles. The number of likely N-dealkylation sites (tertiary alicyclic amines) is 1. The fourth-order valence-corrected chi connectivity index (χ4v) is 3.03. The number of nitrogens with zero attached hydrogens (tertiary/aromatic N) is 3. The van der Waals surface area contributed by atoms with E-state index in [4.69, 9.17) is 0 Å². The van der Waals surface area contributed by atoms with Crippen LogP contribution in [0, 0.1) is 6.92 Å². The summed E-state index contributed by atoms with van der Waals surface area (Å²) in [5.74, 6) is 0.0474. The number of aromatic nitrogens is 2.